The molecule has 1 aliphatic carbocycles. The molecule has 3 rings (SSSR count). The van der Waals surface area contributed by atoms with E-state index >= 15 is 0 Å². The van der Waals surface area contributed by atoms with Crippen molar-refractivity contribution in [3.8, 4) is 0 Å². The zero-order chi connectivity index (χ0) is 26.9. The first-order chi connectivity index (χ1) is 17.7. The number of benzene rings is 2. The van der Waals surface area contributed by atoms with E-state index in [1.54, 1.807) is 19.0 Å². The molecule has 4 atom stereocenters. The summed E-state index contributed by atoms with van der Waals surface area (Å²) in [6.45, 7) is 2.39. The number of nitrogens with zero attached hydrogens (tertiary/aromatic N) is 2. The predicted octanol–water partition coefficient (Wildman–Crippen LogP) is 3.02. The molecular formula is C30H40N4O3. The highest BCUT2D eigenvalue weighted by atomic mass is 16.2. The van der Waals surface area contributed by atoms with E-state index in [0.717, 1.165) is 18.4 Å². The van der Waals surface area contributed by atoms with Gasteiger partial charge in [0.1, 0.15) is 12.1 Å². The molecule has 1 aliphatic rings. The number of likely N-dealkylation sites (N-methyl/N-ethyl adjacent to an activating group) is 2. The Morgan fingerprint density at radius 1 is 0.946 bits per heavy atom. The molecule has 0 saturated heterocycles. The third kappa shape index (κ3) is 7.29. The molecule has 2 aromatic rings. The Bertz CT molecular complexity index is 1100. The molecule has 7 heteroatoms. The van der Waals surface area contributed by atoms with Crippen LogP contribution < -0.4 is 11.5 Å². The van der Waals surface area contributed by atoms with Crippen LogP contribution >= 0.6 is 0 Å². The molecule has 3 amide bonds. The number of hydrogen-bond acceptors (Lipinski definition) is 4. The zero-order valence-corrected chi connectivity index (χ0v) is 22.2. The molecule has 0 heterocycles. The van der Waals surface area contributed by atoms with E-state index in [2.05, 4.69) is 24.3 Å². The van der Waals surface area contributed by atoms with Crippen molar-refractivity contribution in [1.82, 2.24) is 9.80 Å². The van der Waals surface area contributed by atoms with Crippen LogP contribution in [0.15, 0.2) is 60.7 Å². The maximum Gasteiger partial charge on any atom is 0.245 e. The molecule has 198 valence electrons. The Balaban J connectivity index is 1.85. The van der Waals surface area contributed by atoms with Crippen molar-refractivity contribution in [2.45, 2.75) is 51.1 Å². The molecule has 2 unspecified atom stereocenters. The van der Waals surface area contributed by atoms with Gasteiger partial charge in [0, 0.05) is 26.4 Å². The summed E-state index contributed by atoms with van der Waals surface area (Å²) in [5, 5.41) is 0. The quantitative estimate of drug-likeness (QED) is 0.463. The second-order valence-electron chi connectivity index (χ2n) is 10.1. The number of rotatable bonds is 12. The SMILES string of the molecule is C[C@@H](CCCN)C(=O)N(C)[C@H](CC1C=Cc2ccccc2C1)C(=O)N(C)C(Cc1ccccc1)C(N)=O. The van der Waals surface area contributed by atoms with E-state index in [0.29, 0.717) is 25.8 Å². The fraction of sp³-hybridized carbons (Fsp3) is 0.433. The summed E-state index contributed by atoms with van der Waals surface area (Å²) in [5.74, 6) is -1.13. The van der Waals surface area contributed by atoms with Crippen molar-refractivity contribution in [3.63, 3.8) is 0 Å². The van der Waals surface area contributed by atoms with Gasteiger partial charge in [0.2, 0.25) is 17.7 Å². The summed E-state index contributed by atoms with van der Waals surface area (Å²) in [5.41, 5.74) is 14.7. The third-order valence-electron chi connectivity index (χ3n) is 7.39. The molecule has 2 aromatic carbocycles. The Labute approximate surface area is 220 Å². The van der Waals surface area contributed by atoms with Crippen LogP contribution in [0.5, 0.6) is 0 Å². The average molecular weight is 505 g/mol. The van der Waals surface area contributed by atoms with Crippen molar-refractivity contribution in [2.75, 3.05) is 20.6 Å². The summed E-state index contributed by atoms with van der Waals surface area (Å²) in [7, 11) is 3.30. The number of fused-ring (bicyclic) bond motifs is 1. The van der Waals surface area contributed by atoms with Crippen molar-refractivity contribution in [1.29, 1.82) is 0 Å². The van der Waals surface area contributed by atoms with Crippen LogP contribution in [0, 0.1) is 11.8 Å². The minimum atomic E-state index is -0.821. The second-order valence-corrected chi connectivity index (χ2v) is 10.1. The van der Waals surface area contributed by atoms with Gasteiger partial charge in [-0.2, -0.15) is 0 Å². The molecule has 4 N–H and O–H groups in total. The molecule has 0 aliphatic heterocycles. The first-order valence-electron chi connectivity index (χ1n) is 13.1. The van der Waals surface area contributed by atoms with E-state index in [1.807, 2.05) is 49.4 Å². The van der Waals surface area contributed by atoms with Crippen molar-refractivity contribution >= 4 is 23.8 Å². The van der Waals surface area contributed by atoms with Crippen LogP contribution in [0.25, 0.3) is 6.08 Å². The van der Waals surface area contributed by atoms with Gasteiger partial charge in [-0.05, 0) is 54.8 Å². The molecular weight excluding hydrogens is 464 g/mol. The fourth-order valence-electron chi connectivity index (χ4n) is 5.05. The maximum atomic E-state index is 14.0. The molecule has 0 fully saturated rings. The lowest BCUT2D eigenvalue weighted by atomic mass is 9.85. The molecule has 0 saturated carbocycles. The maximum absolute atomic E-state index is 14.0. The van der Waals surface area contributed by atoms with Gasteiger partial charge in [-0.25, -0.2) is 0 Å². The lowest BCUT2D eigenvalue weighted by Crippen LogP contribution is -2.55. The van der Waals surface area contributed by atoms with Crippen LogP contribution in [-0.2, 0) is 27.2 Å². The van der Waals surface area contributed by atoms with Gasteiger partial charge in [0.15, 0.2) is 0 Å². The highest BCUT2D eigenvalue weighted by Crippen LogP contribution is 2.28. The van der Waals surface area contributed by atoms with Gasteiger partial charge in [-0.1, -0.05) is 73.7 Å². The normalized spacial score (nSPS) is 16.8. The Morgan fingerprint density at radius 2 is 1.59 bits per heavy atom. The highest BCUT2D eigenvalue weighted by Gasteiger charge is 2.36. The third-order valence-corrected chi connectivity index (χ3v) is 7.39. The first-order valence-corrected chi connectivity index (χ1v) is 13.1. The first kappa shape index (κ1) is 28.1. The Morgan fingerprint density at radius 3 is 2.27 bits per heavy atom. The summed E-state index contributed by atoms with van der Waals surface area (Å²) < 4.78 is 0. The zero-order valence-electron chi connectivity index (χ0n) is 22.2. The van der Waals surface area contributed by atoms with Gasteiger partial charge in [-0.3, -0.25) is 14.4 Å². The number of carbonyl (C=O) groups is 3. The largest absolute Gasteiger partial charge is 0.368 e. The standard InChI is InChI=1S/C30H40N4O3/c1-21(10-9-17-31)29(36)34(3)27(20-23-15-16-24-13-7-8-14-25(24)18-23)30(37)33(2)26(28(32)35)19-22-11-5-4-6-12-22/h4-8,11-16,21,23,26-27H,9-10,17-20,31H2,1-3H3,(H2,32,35)/t21-,23?,26?,27+/m0/s1. The topological polar surface area (TPSA) is 110 Å². The van der Waals surface area contributed by atoms with Crippen LogP contribution in [0.2, 0.25) is 0 Å². The predicted molar refractivity (Wildman–Crippen MR) is 147 cm³/mol. The van der Waals surface area contributed by atoms with Gasteiger partial charge >= 0.3 is 0 Å². The Kier molecular flexibility index (Phi) is 10.0. The lowest BCUT2D eigenvalue weighted by Gasteiger charge is -2.36. The number of hydrogen-bond donors (Lipinski definition) is 2. The number of amides is 3. The van der Waals surface area contributed by atoms with Gasteiger partial charge in [-0.15, -0.1) is 0 Å². The minimum Gasteiger partial charge on any atom is -0.368 e. The van der Waals surface area contributed by atoms with Crippen molar-refractivity contribution in [2.24, 2.45) is 23.3 Å². The molecule has 0 spiro atoms. The number of nitrogens with two attached hydrogens (primary N) is 2. The van der Waals surface area contributed by atoms with Crippen LogP contribution in [0.1, 0.15) is 42.9 Å². The summed E-state index contributed by atoms with van der Waals surface area (Å²) in [6, 6.07) is 16.1. The minimum absolute atomic E-state index is 0.0769. The summed E-state index contributed by atoms with van der Waals surface area (Å²) in [4.78, 5) is 42.8. The van der Waals surface area contributed by atoms with Crippen LogP contribution in [0.3, 0.4) is 0 Å². The van der Waals surface area contributed by atoms with Gasteiger partial charge < -0.3 is 21.3 Å². The molecule has 37 heavy (non-hydrogen) atoms. The van der Waals surface area contributed by atoms with Gasteiger partial charge in [0.05, 0.1) is 0 Å². The molecule has 0 radical (unpaired) electrons. The highest BCUT2D eigenvalue weighted by molar-refractivity contribution is 5.92. The van der Waals surface area contributed by atoms with E-state index in [9.17, 15) is 14.4 Å². The summed E-state index contributed by atoms with van der Waals surface area (Å²) in [6.07, 6.45) is 7.15. The van der Waals surface area contributed by atoms with E-state index in [4.69, 9.17) is 11.5 Å². The molecule has 0 aromatic heterocycles. The molecule has 7 nitrogen and oxygen atoms in total. The van der Waals surface area contributed by atoms with Gasteiger partial charge in [0.25, 0.3) is 0 Å². The number of allylic oxidation sites excluding steroid dienone is 1. The average Bonchev–Trinajstić information content (AvgIpc) is 2.92. The smallest absolute Gasteiger partial charge is 0.245 e. The second kappa shape index (κ2) is 13.2. The Hall–Kier alpha value is -3.45. The monoisotopic (exact) mass is 504 g/mol. The summed E-state index contributed by atoms with van der Waals surface area (Å²) >= 11 is 0. The van der Waals surface area contributed by atoms with E-state index < -0.39 is 18.0 Å². The van der Waals surface area contributed by atoms with Crippen molar-refractivity contribution in [3.05, 3.63) is 77.4 Å². The van der Waals surface area contributed by atoms with E-state index in [1.165, 1.54) is 16.0 Å². The van der Waals surface area contributed by atoms with E-state index in [-0.39, 0.29) is 23.7 Å². The molecule has 0 bridgehead atoms. The lowest BCUT2D eigenvalue weighted by molar-refractivity contribution is -0.149. The number of carbonyl (C=O) groups excluding carboxylic acids is 3. The number of primary amides is 1. The van der Waals surface area contributed by atoms with Crippen molar-refractivity contribution < 1.29 is 14.4 Å². The van der Waals surface area contributed by atoms with Crippen LogP contribution in [-0.4, -0.2) is 60.2 Å². The fourth-order valence-corrected chi connectivity index (χ4v) is 5.05. The van der Waals surface area contributed by atoms with Crippen LogP contribution in [0.4, 0.5) is 0 Å².